The van der Waals surface area contributed by atoms with Crippen molar-refractivity contribution in [3.8, 4) is 56.4 Å². The van der Waals surface area contributed by atoms with Gasteiger partial charge in [0.15, 0.2) is 17.5 Å². The van der Waals surface area contributed by atoms with Crippen molar-refractivity contribution in [1.29, 1.82) is 0 Å². The van der Waals surface area contributed by atoms with E-state index in [0.29, 0.717) is 33.4 Å². The first kappa shape index (κ1) is 22.7. The van der Waals surface area contributed by atoms with Gasteiger partial charge in [-0.3, -0.25) is 0 Å². The van der Waals surface area contributed by atoms with Gasteiger partial charge in [0.05, 0.1) is 13.8 Å². The molecule has 0 spiro atoms. The predicted octanol–water partition coefficient (Wildman–Crippen LogP) is 12.0. The van der Waals surface area contributed by atoms with Crippen molar-refractivity contribution in [3.05, 3.63) is 164 Å². The highest BCUT2D eigenvalue weighted by atomic mass is 16.3. The summed E-state index contributed by atoms with van der Waals surface area (Å²) in [5.41, 5.74) is 5.16. The summed E-state index contributed by atoms with van der Waals surface area (Å²) in [5, 5.41) is 2.15. The van der Waals surface area contributed by atoms with E-state index in [1.165, 1.54) is 0 Å². The number of fused-ring (bicyclic) bond motifs is 6. The van der Waals surface area contributed by atoms with Crippen LogP contribution in [0.25, 0.3) is 100 Å². The molecule has 10 aromatic rings. The summed E-state index contributed by atoms with van der Waals surface area (Å²) < 4.78 is 67.1. The second-order valence-electron chi connectivity index (χ2n) is 11.9. The normalized spacial score (nSPS) is 13.3. The van der Waals surface area contributed by atoms with Gasteiger partial charge in [-0.15, -0.1) is 0 Å². The molecule has 3 aromatic heterocycles. The molecule has 0 aliphatic heterocycles. The first-order valence-electron chi connectivity index (χ1n) is 19.1. The van der Waals surface area contributed by atoms with Crippen LogP contribution in [0, 0.1) is 0 Å². The third-order valence-corrected chi connectivity index (χ3v) is 8.87. The fourth-order valence-electron chi connectivity index (χ4n) is 6.51. The molecule has 5 nitrogen and oxygen atoms in total. The van der Waals surface area contributed by atoms with E-state index in [1.807, 2.05) is 103 Å². The number of hydrogen-bond acceptors (Lipinski definition) is 5. The highest BCUT2D eigenvalue weighted by Crippen LogP contribution is 2.39. The van der Waals surface area contributed by atoms with Crippen LogP contribution in [0.2, 0.25) is 0 Å². The summed E-state index contributed by atoms with van der Waals surface area (Å²) in [4.78, 5) is 14.7. The van der Waals surface area contributed by atoms with Crippen LogP contribution in [0.15, 0.2) is 172 Å². The van der Waals surface area contributed by atoms with Gasteiger partial charge in [0.25, 0.3) is 0 Å². The average molecular weight is 648 g/mol. The standard InChI is InChI=1S/C45H27N3O2/c1-3-12-28(13-4-1)30-16-9-17-31(26-30)43-46-44(48-45(47-43)37-21-10-20-35-34-18-7-8-22-38(34)50-42(35)37)32-24-25-36-40(27-32)49-39-23-11-19-33(41(36)39)29-14-5-2-6-15-29/h1-27H/i11D,19D,23D,24D,25D,27D. The van der Waals surface area contributed by atoms with Gasteiger partial charge < -0.3 is 8.83 Å². The minimum absolute atomic E-state index is 0.0224. The lowest BCUT2D eigenvalue weighted by molar-refractivity contribution is 0.668. The molecule has 234 valence electrons. The highest BCUT2D eigenvalue weighted by Gasteiger charge is 2.19. The summed E-state index contributed by atoms with van der Waals surface area (Å²) in [6, 6.07) is 38.4. The number of hydrogen-bond donors (Lipinski definition) is 0. The molecule has 5 heteroatoms. The first-order chi connectivity index (χ1) is 27.3. The zero-order chi connectivity index (χ0) is 38.2. The number of rotatable bonds is 5. The highest BCUT2D eigenvalue weighted by molar-refractivity contribution is 6.13. The number of para-hydroxylation sites is 2. The number of nitrogens with zero attached hydrogens (tertiary/aromatic N) is 3. The van der Waals surface area contributed by atoms with Gasteiger partial charge in [-0.25, -0.2) is 15.0 Å². The third-order valence-electron chi connectivity index (χ3n) is 8.87. The predicted molar refractivity (Wildman–Crippen MR) is 202 cm³/mol. The molecule has 0 fully saturated rings. The molecule has 0 saturated carbocycles. The van der Waals surface area contributed by atoms with Crippen LogP contribution in [0.4, 0.5) is 0 Å². The summed E-state index contributed by atoms with van der Waals surface area (Å²) >= 11 is 0. The van der Waals surface area contributed by atoms with Crippen LogP contribution in [-0.4, -0.2) is 15.0 Å². The van der Waals surface area contributed by atoms with E-state index in [9.17, 15) is 4.11 Å². The molecule has 0 bridgehead atoms. The van der Waals surface area contributed by atoms with Gasteiger partial charge in [0.1, 0.15) is 22.3 Å². The van der Waals surface area contributed by atoms with Crippen LogP contribution < -0.4 is 0 Å². The Bertz CT molecular complexity index is 3220. The zero-order valence-electron chi connectivity index (χ0n) is 32.3. The van der Waals surface area contributed by atoms with Gasteiger partial charge in [-0.05, 0) is 58.6 Å². The molecule has 0 amide bonds. The molecule has 0 radical (unpaired) electrons. The molecule has 3 heterocycles. The fraction of sp³-hybridized carbons (Fsp3) is 0. The smallest absolute Gasteiger partial charge is 0.167 e. The van der Waals surface area contributed by atoms with Gasteiger partial charge >= 0.3 is 0 Å². The van der Waals surface area contributed by atoms with Crippen molar-refractivity contribution in [1.82, 2.24) is 15.0 Å². The summed E-state index contributed by atoms with van der Waals surface area (Å²) in [7, 11) is 0. The monoisotopic (exact) mass is 647 g/mol. The van der Waals surface area contributed by atoms with E-state index in [2.05, 4.69) is 0 Å². The number of benzene rings is 7. The number of furan rings is 2. The molecule has 50 heavy (non-hydrogen) atoms. The van der Waals surface area contributed by atoms with Crippen molar-refractivity contribution >= 4 is 43.9 Å². The molecule has 0 aliphatic carbocycles. The Labute approximate surface area is 295 Å². The topological polar surface area (TPSA) is 65.0 Å². The summed E-state index contributed by atoms with van der Waals surface area (Å²) in [6.45, 7) is 0. The largest absolute Gasteiger partial charge is 0.456 e. The number of aromatic nitrogens is 3. The second-order valence-corrected chi connectivity index (χ2v) is 11.9. The Hall–Kier alpha value is -6.85. The van der Waals surface area contributed by atoms with Gasteiger partial charge in [-0.2, -0.15) is 0 Å². The lowest BCUT2D eigenvalue weighted by atomic mass is 9.99. The average Bonchev–Trinajstić information content (AvgIpc) is 3.83. The summed E-state index contributed by atoms with van der Waals surface area (Å²) in [5.74, 6) is 0.501. The van der Waals surface area contributed by atoms with E-state index in [1.54, 1.807) is 24.3 Å². The Morgan fingerprint density at radius 2 is 1.10 bits per heavy atom. The van der Waals surface area contributed by atoms with E-state index in [0.717, 1.165) is 21.9 Å². The summed E-state index contributed by atoms with van der Waals surface area (Å²) in [6.07, 6.45) is 0. The van der Waals surface area contributed by atoms with Crippen molar-refractivity contribution in [3.63, 3.8) is 0 Å². The first-order valence-corrected chi connectivity index (χ1v) is 16.1. The van der Waals surface area contributed by atoms with Crippen LogP contribution in [0.3, 0.4) is 0 Å². The Balaban J connectivity index is 1.26. The SMILES string of the molecule is [2H]c1c([2H])c(-c2ccccc2)c2c(oc3c([2H])c(-c4nc(-c5cccc(-c6ccccc6)c5)nc(-c5cccc6c5oc5ccccc56)n4)c([2H])c([2H])c32)c1[2H]. The van der Waals surface area contributed by atoms with Crippen molar-refractivity contribution in [2.75, 3.05) is 0 Å². The van der Waals surface area contributed by atoms with E-state index >= 15 is 0 Å². The van der Waals surface area contributed by atoms with Crippen molar-refractivity contribution in [2.24, 2.45) is 0 Å². The molecule has 10 rings (SSSR count). The molecule has 0 saturated heterocycles. The Morgan fingerprint density at radius 1 is 0.420 bits per heavy atom. The van der Waals surface area contributed by atoms with Crippen LogP contribution in [-0.2, 0) is 0 Å². The minimum Gasteiger partial charge on any atom is -0.456 e. The van der Waals surface area contributed by atoms with Gasteiger partial charge in [0.2, 0.25) is 0 Å². The maximum absolute atomic E-state index is 9.53. The molecule has 0 aliphatic rings. The minimum atomic E-state index is -0.343. The lowest BCUT2D eigenvalue weighted by Crippen LogP contribution is -2.00. The van der Waals surface area contributed by atoms with E-state index in [4.69, 9.17) is 27.9 Å². The molecular formula is C45H27N3O2. The molecule has 0 N–H and O–H groups in total. The van der Waals surface area contributed by atoms with Gasteiger partial charge in [0, 0.05) is 32.7 Å². The Morgan fingerprint density at radius 3 is 1.96 bits per heavy atom. The Kier molecular flexibility index (Phi) is 5.17. The molecular weight excluding hydrogens is 615 g/mol. The van der Waals surface area contributed by atoms with Crippen LogP contribution >= 0.6 is 0 Å². The van der Waals surface area contributed by atoms with Crippen LogP contribution in [0.1, 0.15) is 8.22 Å². The lowest BCUT2D eigenvalue weighted by Gasteiger charge is -2.10. The molecule has 0 unspecified atom stereocenters. The van der Waals surface area contributed by atoms with E-state index in [-0.39, 0.29) is 81.2 Å². The molecule has 0 atom stereocenters. The maximum Gasteiger partial charge on any atom is 0.167 e. The fourth-order valence-corrected chi connectivity index (χ4v) is 6.51. The van der Waals surface area contributed by atoms with E-state index < -0.39 is 0 Å². The molecule has 7 aromatic carbocycles. The third kappa shape index (κ3) is 4.67. The van der Waals surface area contributed by atoms with Crippen LogP contribution in [0.5, 0.6) is 0 Å². The van der Waals surface area contributed by atoms with Crippen molar-refractivity contribution in [2.45, 2.75) is 0 Å². The quantitative estimate of drug-likeness (QED) is 0.186. The maximum atomic E-state index is 9.53. The van der Waals surface area contributed by atoms with Gasteiger partial charge in [-0.1, -0.05) is 127 Å². The second kappa shape index (κ2) is 11.4. The van der Waals surface area contributed by atoms with Crippen molar-refractivity contribution < 1.29 is 17.1 Å². The zero-order valence-corrected chi connectivity index (χ0v) is 26.3.